The number of hydrazine groups is 1. The summed E-state index contributed by atoms with van der Waals surface area (Å²) in [5.41, 5.74) is 2.50. The maximum absolute atomic E-state index is 10.9. The quantitative estimate of drug-likeness (QED) is 0.259. The van der Waals surface area contributed by atoms with Gasteiger partial charge < -0.3 is 4.74 Å². The molecule has 0 heterocycles. The van der Waals surface area contributed by atoms with Crippen LogP contribution in [0.4, 0.5) is 5.69 Å². The molecule has 0 bridgehead atoms. The molecule has 0 saturated heterocycles. The van der Waals surface area contributed by atoms with E-state index in [2.05, 4.69) is 0 Å². The van der Waals surface area contributed by atoms with Crippen molar-refractivity contribution in [2.75, 3.05) is 6.61 Å². The molecule has 0 aliphatic rings. The van der Waals surface area contributed by atoms with E-state index in [9.17, 15) is 14.9 Å². The first-order valence-corrected chi connectivity index (χ1v) is 5.42. The number of nitro benzene ring substituents is 1. The van der Waals surface area contributed by atoms with Crippen molar-refractivity contribution < 1.29 is 14.5 Å². The molecule has 0 unspecified atom stereocenters. The van der Waals surface area contributed by atoms with Gasteiger partial charge in [-0.25, -0.2) is 5.84 Å². The van der Waals surface area contributed by atoms with Crippen molar-refractivity contribution in [1.29, 1.82) is 0 Å². The summed E-state index contributed by atoms with van der Waals surface area (Å²) in [5, 5.41) is 10.9. The Morgan fingerprint density at radius 3 is 2.89 bits per heavy atom. The molecule has 1 amide bonds. The zero-order valence-corrected chi connectivity index (χ0v) is 10.0. The standard InChI is InChI=1S/C11H15N3O4/c1-8-4-2-5-9(11(8)14(16)17)18-7-3-6-10(15)13-12/h2,4-5H,3,6-7,12H2,1H3,(H,13,15). The molecular formula is C11H15N3O4. The van der Waals surface area contributed by atoms with E-state index in [0.29, 0.717) is 12.0 Å². The van der Waals surface area contributed by atoms with Crippen molar-refractivity contribution in [1.82, 2.24) is 5.43 Å². The maximum Gasteiger partial charge on any atom is 0.313 e. The van der Waals surface area contributed by atoms with Crippen LogP contribution in [0, 0.1) is 17.0 Å². The lowest BCUT2D eigenvalue weighted by atomic mass is 10.2. The number of para-hydroxylation sites is 1. The van der Waals surface area contributed by atoms with Crippen molar-refractivity contribution in [3.63, 3.8) is 0 Å². The largest absolute Gasteiger partial charge is 0.487 e. The molecule has 0 aliphatic heterocycles. The van der Waals surface area contributed by atoms with Crippen LogP contribution in [0.2, 0.25) is 0 Å². The van der Waals surface area contributed by atoms with Crippen LogP contribution in [-0.2, 0) is 4.79 Å². The van der Waals surface area contributed by atoms with Crippen LogP contribution in [0.25, 0.3) is 0 Å². The third kappa shape index (κ3) is 3.70. The number of rotatable bonds is 6. The smallest absolute Gasteiger partial charge is 0.313 e. The predicted octanol–water partition coefficient (Wildman–Crippen LogP) is 1.05. The second-order valence-corrected chi connectivity index (χ2v) is 3.70. The fraction of sp³-hybridized carbons (Fsp3) is 0.364. The van der Waals surface area contributed by atoms with Gasteiger partial charge in [0.2, 0.25) is 5.91 Å². The third-order valence-electron chi connectivity index (χ3n) is 2.35. The van der Waals surface area contributed by atoms with Crippen LogP contribution in [0.1, 0.15) is 18.4 Å². The first-order valence-electron chi connectivity index (χ1n) is 5.42. The Kier molecular flexibility index (Phi) is 5.06. The van der Waals surface area contributed by atoms with Crippen molar-refractivity contribution in [2.24, 2.45) is 5.84 Å². The lowest BCUT2D eigenvalue weighted by molar-refractivity contribution is -0.386. The summed E-state index contributed by atoms with van der Waals surface area (Å²) < 4.78 is 5.31. The Morgan fingerprint density at radius 1 is 1.56 bits per heavy atom. The molecule has 1 aromatic carbocycles. The van der Waals surface area contributed by atoms with Crippen LogP contribution in [0.15, 0.2) is 18.2 Å². The van der Waals surface area contributed by atoms with Gasteiger partial charge in [-0.1, -0.05) is 12.1 Å². The minimum absolute atomic E-state index is 0.0409. The van der Waals surface area contributed by atoms with Gasteiger partial charge in [0, 0.05) is 12.0 Å². The van der Waals surface area contributed by atoms with E-state index in [-0.39, 0.29) is 30.4 Å². The molecule has 0 radical (unpaired) electrons. The number of nitro groups is 1. The van der Waals surface area contributed by atoms with Crippen molar-refractivity contribution in [3.8, 4) is 5.75 Å². The van der Waals surface area contributed by atoms with Gasteiger partial charge >= 0.3 is 5.69 Å². The molecule has 0 atom stereocenters. The van der Waals surface area contributed by atoms with E-state index >= 15 is 0 Å². The molecule has 98 valence electrons. The summed E-state index contributed by atoms with van der Waals surface area (Å²) in [6, 6.07) is 4.87. The van der Waals surface area contributed by atoms with Gasteiger partial charge in [0.05, 0.1) is 11.5 Å². The molecule has 0 aliphatic carbocycles. The van der Waals surface area contributed by atoms with E-state index in [1.54, 1.807) is 19.1 Å². The first kappa shape index (κ1) is 13.9. The number of aryl methyl sites for hydroxylation is 1. The highest BCUT2D eigenvalue weighted by Gasteiger charge is 2.17. The molecular weight excluding hydrogens is 238 g/mol. The van der Waals surface area contributed by atoms with Crippen molar-refractivity contribution >= 4 is 11.6 Å². The van der Waals surface area contributed by atoms with E-state index in [1.807, 2.05) is 5.43 Å². The number of nitrogens with two attached hydrogens (primary N) is 1. The van der Waals surface area contributed by atoms with Crippen LogP contribution < -0.4 is 16.0 Å². The molecule has 7 heteroatoms. The van der Waals surface area contributed by atoms with Crippen LogP contribution in [-0.4, -0.2) is 17.4 Å². The SMILES string of the molecule is Cc1cccc(OCCCC(=O)NN)c1[N+](=O)[O-]. The van der Waals surface area contributed by atoms with Crippen molar-refractivity contribution in [3.05, 3.63) is 33.9 Å². The van der Waals surface area contributed by atoms with E-state index < -0.39 is 4.92 Å². The Balaban J connectivity index is 2.60. The lowest BCUT2D eigenvalue weighted by Crippen LogP contribution is -2.29. The van der Waals surface area contributed by atoms with Crippen LogP contribution >= 0.6 is 0 Å². The monoisotopic (exact) mass is 253 g/mol. The Morgan fingerprint density at radius 2 is 2.28 bits per heavy atom. The maximum atomic E-state index is 10.9. The van der Waals surface area contributed by atoms with Crippen molar-refractivity contribution in [2.45, 2.75) is 19.8 Å². The summed E-state index contributed by atoms with van der Waals surface area (Å²) in [6.07, 6.45) is 0.657. The number of carbonyl (C=O) groups is 1. The van der Waals surface area contributed by atoms with Gasteiger partial charge in [0.25, 0.3) is 0 Å². The number of hydrogen-bond acceptors (Lipinski definition) is 5. The zero-order chi connectivity index (χ0) is 13.5. The average molecular weight is 253 g/mol. The molecule has 0 spiro atoms. The van der Waals surface area contributed by atoms with E-state index in [0.717, 1.165) is 0 Å². The predicted molar refractivity (Wildman–Crippen MR) is 64.9 cm³/mol. The molecule has 1 rings (SSSR count). The second kappa shape index (κ2) is 6.55. The summed E-state index contributed by atoms with van der Waals surface area (Å²) >= 11 is 0. The Hall–Kier alpha value is -2.15. The summed E-state index contributed by atoms with van der Waals surface area (Å²) in [4.78, 5) is 21.3. The highest BCUT2D eigenvalue weighted by Crippen LogP contribution is 2.30. The van der Waals surface area contributed by atoms with Gasteiger partial charge in [-0.15, -0.1) is 0 Å². The Labute approximate surface area is 104 Å². The third-order valence-corrected chi connectivity index (χ3v) is 2.35. The number of nitrogens with one attached hydrogen (secondary N) is 1. The fourth-order valence-corrected chi connectivity index (χ4v) is 1.47. The highest BCUT2D eigenvalue weighted by molar-refractivity contribution is 5.75. The fourth-order valence-electron chi connectivity index (χ4n) is 1.47. The molecule has 18 heavy (non-hydrogen) atoms. The van der Waals surface area contributed by atoms with Crippen LogP contribution in [0.3, 0.4) is 0 Å². The zero-order valence-electron chi connectivity index (χ0n) is 10.0. The summed E-state index contributed by atoms with van der Waals surface area (Å²) in [7, 11) is 0. The number of hydrogen-bond donors (Lipinski definition) is 2. The molecule has 7 nitrogen and oxygen atoms in total. The molecule has 1 aromatic rings. The average Bonchev–Trinajstić information content (AvgIpc) is 2.33. The minimum atomic E-state index is -0.475. The van der Waals surface area contributed by atoms with Gasteiger partial charge in [-0.3, -0.25) is 20.3 Å². The molecule has 0 fully saturated rings. The minimum Gasteiger partial charge on any atom is -0.487 e. The topological polar surface area (TPSA) is 107 Å². The highest BCUT2D eigenvalue weighted by atomic mass is 16.6. The first-order chi connectivity index (χ1) is 8.56. The van der Waals surface area contributed by atoms with Gasteiger partial charge in [-0.2, -0.15) is 0 Å². The van der Waals surface area contributed by atoms with E-state index in [1.165, 1.54) is 6.07 Å². The number of benzene rings is 1. The van der Waals surface area contributed by atoms with Gasteiger partial charge in [0.1, 0.15) is 0 Å². The summed E-state index contributed by atoms with van der Waals surface area (Å²) in [6.45, 7) is 1.87. The molecule has 3 N–H and O–H groups in total. The Bertz CT molecular complexity index is 448. The van der Waals surface area contributed by atoms with E-state index in [4.69, 9.17) is 10.6 Å². The number of nitrogens with zero attached hydrogens (tertiary/aromatic N) is 1. The number of ether oxygens (including phenoxy) is 1. The lowest BCUT2D eigenvalue weighted by Gasteiger charge is -2.07. The number of carbonyl (C=O) groups excluding carboxylic acids is 1. The normalized spacial score (nSPS) is 9.89. The molecule has 0 saturated carbocycles. The van der Waals surface area contributed by atoms with Gasteiger partial charge in [-0.05, 0) is 19.4 Å². The summed E-state index contributed by atoms with van der Waals surface area (Å²) in [5.74, 6) is 4.84. The van der Waals surface area contributed by atoms with Gasteiger partial charge in [0.15, 0.2) is 5.75 Å². The number of amides is 1. The molecule has 0 aromatic heterocycles. The van der Waals surface area contributed by atoms with Crippen LogP contribution in [0.5, 0.6) is 5.75 Å². The second-order valence-electron chi connectivity index (χ2n) is 3.70.